The summed E-state index contributed by atoms with van der Waals surface area (Å²) in [4.78, 5) is 2.80. The lowest BCUT2D eigenvalue weighted by atomic mass is 9.89. The maximum absolute atomic E-state index is 3.88. The van der Waals surface area contributed by atoms with Gasteiger partial charge in [0.2, 0.25) is 0 Å². The van der Waals surface area contributed by atoms with Gasteiger partial charge in [0, 0.05) is 24.7 Å². The van der Waals surface area contributed by atoms with Crippen LogP contribution in [-0.2, 0) is 0 Å². The van der Waals surface area contributed by atoms with Gasteiger partial charge in [0.1, 0.15) is 0 Å². The van der Waals surface area contributed by atoms with Crippen LogP contribution in [0.3, 0.4) is 0 Å². The molecule has 0 aromatic heterocycles. The largest absolute Gasteiger partial charge is 0.308 e. The first kappa shape index (κ1) is 11.0. The van der Waals surface area contributed by atoms with Gasteiger partial charge >= 0.3 is 0 Å². The minimum atomic E-state index is 0.431. The predicted molar refractivity (Wildman–Crippen MR) is 67.5 cm³/mol. The Kier molecular flexibility index (Phi) is 2.75. The zero-order chi connectivity index (χ0) is 11.2. The maximum atomic E-state index is 3.88. The molecule has 1 heterocycles. The van der Waals surface area contributed by atoms with Crippen molar-refractivity contribution < 1.29 is 0 Å². The molecule has 2 aliphatic carbocycles. The van der Waals surface area contributed by atoms with Gasteiger partial charge in [0.15, 0.2) is 0 Å². The molecule has 0 radical (unpaired) electrons. The maximum Gasteiger partial charge on any atom is 0.0309 e. The molecular weight excluding hydrogens is 196 g/mol. The molecule has 3 fully saturated rings. The minimum Gasteiger partial charge on any atom is -0.308 e. The second-order valence-electron chi connectivity index (χ2n) is 6.45. The average molecular weight is 222 g/mol. The zero-order valence-corrected chi connectivity index (χ0v) is 10.8. The van der Waals surface area contributed by atoms with Crippen molar-refractivity contribution in [3.63, 3.8) is 0 Å². The van der Waals surface area contributed by atoms with E-state index < -0.39 is 0 Å². The van der Waals surface area contributed by atoms with Gasteiger partial charge in [-0.2, -0.15) is 0 Å². The smallest absolute Gasteiger partial charge is 0.0309 e. The lowest BCUT2D eigenvalue weighted by Crippen LogP contribution is -2.64. The van der Waals surface area contributed by atoms with E-state index in [0.717, 1.165) is 17.9 Å². The molecule has 0 bridgehead atoms. The van der Waals surface area contributed by atoms with Gasteiger partial charge in [-0.25, -0.2) is 0 Å². The number of hydrogen-bond donors (Lipinski definition) is 1. The number of hydrogen-bond acceptors (Lipinski definition) is 2. The highest BCUT2D eigenvalue weighted by Crippen LogP contribution is 2.44. The Labute approximate surface area is 99.8 Å². The third-order valence-corrected chi connectivity index (χ3v) is 4.87. The summed E-state index contributed by atoms with van der Waals surface area (Å²) in [5, 5.41) is 3.88. The topological polar surface area (TPSA) is 15.3 Å². The van der Waals surface area contributed by atoms with Crippen molar-refractivity contribution in [1.82, 2.24) is 10.2 Å². The summed E-state index contributed by atoms with van der Waals surface area (Å²) in [5.74, 6) is 1.98. The van der Waals surface area contributed by atoms with Crippen LogP contribution in [0, 0.1) is 11.8 Å². The molecule has 16 heavy (non-hydrogen) atoms. The van der Waals surface area contributed by atoms with Crippen LogP contribution in [0.25, 0.3) is 0 Å². The number of nitrogens with one attached hydrogen (secondary N) is 1. The molecule has 1 aliphatic heterocycles. The van der Waals surface area contributed by atoms with E-state index in [1.54, 1.807) is 0 Å². The van der Waals surface area contributed by atoms with Crippen LogP contribution < -0.4 is 5.32 Å². The fraction of sp³-hybridized carbons (Fsp3) is 1.00. The first-order valence-corrected chi connectivity index (χ1v) is 7.22. The second-order valence-corrected chi connectivity index (χ2v) is 6.45. The Balaban J connectivity index is 1.67. The van der Waals surface area contributed by atoms with Gasteiger partial charge in [0.25, 0.3) is 0 Å². The molecular formula is C14H26N2. The summed E-state index contributed by atoms with van der Waals surface area (Å²) in [6.45, 7) is 8.63. The Morgan fingerprint density at radius 1 is 1.25 bits per heavy atom. The first-order chi connectivity index (χ1) is 7.73. The van der Waals surface area contributed by atoms with Crippen LogP contribution in [0.5, 0.6) is 0 Å². The molecule has 0 amide bonds. The number of rotatable bonds is 4. The third-order valence-electron chi connectivity index (χ3n) is 4.87. The standard InChI is InChI=1S/C14H26N2/c1-3-8-16-10-14(2,12-6-7-12)15-9-13(16)11-4-5-11/h11-13,15H,3-10H2,1-2H3. The molecule has 2 unspecified atom stereocenters. The molecule has 1 N–H and O–H groups in total. The van der Waals surface area contributed by atoms with Crippen molar-refractivity contribution in [2.24, 2.45) is 11.8 Å². The predicted octanol–water partition coefficient (Wildman–Crippen LogP) is 2.25. The average Bonchev–Trinajstić information content (AvgIpc) is 3.12. The summed E-state index contributed by atoms with van der Waals surface area (Å²) < 4.78 is 0. The molecule has 2 atom stereocenters. The Morgan fingerprint density at radius 3 is 2.56 bits per heavy atom. The molecule has 2 saturated carbocycles. The highest BCUT2D eigenvalue weighted by Gasteiger charge is 2.48. The van der Waals surface area contributed by atoms with Crippen molar-refractivity contribution in [2.75, 3.05) is 19.6 Å². The van der Waals surface area contributed by atoms with Crippen molar-refractivity contribution in [2.45, 2.75) is 57.5 Å². The monoisotopic (exact) mass is 222 g/mol. The van der Waals surface area contributed by atoms with Gasteiger partial charge in [-0.15, -0.1) is 0 Å². The number of piperazine rings is 1. The number of nitrogens with zero attached hydrogens (tertiary/aromatic N) is 1. The summed E-state index contributed by atoms with van der Waals surface area (Å²) in [6.07, 6.45) is 7.18. The normalized spacial score (nSPS) is 41.2. The van der Waals surface area contributed by atoms with Crippen LogP contribution in [0.1, 0.15) is 46.0 Å². The van der Waals surface area contributed by atoms with Crippen molar-refractivity contribution in [3.05, 3.63) is 0 Å². The van der Waals surface area contributed by atoms with E-state index >= 15 is 0 Å². The van der Waals surface area contributed by atoms with E-state index in [0.29, 0.717) is 5.54 Å². The van der Waals surface area contributed by atoms with E-state index in [4.69, 9.17) is 0 Å². The Morgan fingerprint density at radius 2 is 2.00 bits per heavy atom. The van der Waals surface area contributed by atoms with Crippen LogP contribution >= 0.6 is 0 Å². The molecule has 2 nitrogen and oxygen atoms in total. The summed E-state index contributed by atoms with van der Waals surface area (Å²) in [7, 11) is 0. The molecule has 2 heteroatoms. The Bertz CT molecular complexity index is 257. The molecule has 0 aromatic rings. The van der Waals surface area contributed by atoms with Crippen LogP contribution in [-0.4, -0.2) is 36.1 Å². The molecule has 92 valence electrons. The molecule has 3 aliphatic rings. The van der Waals surface area contributed by atoms with Crippen LogP contribution in [0.4, 0.5) is 0 Å². The third kappa shape index (κ3) is 2.02. The van der Waals surface area contributed by atoms with E-state index in [2.05, 4.69) is 24.1 Å². The van der Waals surface area contributed by atoms with E-state index in [1.165, 1.54) is 51.7 Å². The molecule has 1 saturated heterocycles. The van der Waals surface area contributed by atoms with Gasteiger partial charge in [-0.05, 0) is 57.4 Å². The molecule has 0 aromatic carbocycles. The lowest BCUT2D eigenvalue weighted by Gasteiger charge is -2.47. The van der Waals surface area contributed by atoms with Crippen LogP contribution in [0.15, 0.2) is 0 Å². The fourth-order valence-corrected chi connectivity index (χ4v) is 3.53. The van der Waals surface area contributed by atoms with Crippen molar-refractivity contribution in [3.8, 4) is 0 Å². The van der Waals surface area contributed by atoms with E-state index in [-0.39, 0.29) is 0 Å². The molecule has 0 spiro atoms. The van der Waals surface area contributed by atoms with E-state index in [9.17, 15) is 0 Å². The summed E-state index contributed by atoms with van der Waals surface area (Å²) >= 11 is 0. The highest BCUT2D eigenvalue weighted by molar-refractivity contribution is 5.06. The van der Waals surface area contributed by atoms with Crippen LogP contribution in [0.2, 0.25) is 0 Å². The van der Waals surface area contributed by atoms with Gasteiger partial charge < -0.3 is 5.32 Å². The zero-order valence-electron chi connectivity index (χ0n) is 10.8. The lowest BCUT2D eigenvalue weighted by molar-refractivity contribution is 0.0643. The quantitative estimate of drug-likeness (QED) is 0.785. The van der Waals surface area contributed by atoms with Gasteiger partial charge in [-0.3, -0.25) is 4.90 Å². The summed E-state index contributed by atoms with van der Waals surface area (Å²) in [6, 6.07) is 0.853. The van der Waals surface area contributed by atoms with Crippen molar-refractivity contribution in [1.29, 1.82) is 0 Å². The fourth-order valence-electron chi connectivity index (χ4n) is 3.53. The highest BCUT2D eigenvalue weighted by atomic mass is 15.3. The van der Waals surface area contributed by atoms with E-state index in [1.807, 2.05) is 0 Å². The SMILES string of the molecule is CCCN1CC(C)(C2CC2)NCC1C1CC1. The van der Waals surface area contributed by atoms with Gasteiger partial charge in [-0.1, -0.05) is 6.92 Å². The minimum absolute atomic E-state index is 0.431. The summed E-state index contributed by atoms with van der Waals surface area (Å²) in [5.41, 5.74) is 0.431. The second kappa shape index (κ2) is 3.99. The Hall–Kier alpha value is -0.0800. The van der Waals surface area contributed by atoms with Gasteiger partial charge in [0.05, 0.1) is 0 Å². The van der Waals surface area contributed by atoms with Crippen molar-refractivity contribution >= 4 is 0 Å². The molecule has 3 rings (SSSR count). The first-order valence-electron chi connectivity index (χ1n) is 7.22.